The smallest absolute Gasteiger partial charge is 0.328 e. The molecule has 0 saturated heterocycles. The largest absolute Gasteiger partial charge is 0.467 e. The topological polar surface area (TPSA) is 90.6 Å². The molecule has 0 heterocycles. The minimum absolute atomic E-state index is 0.0987. The van der Waals surface area contributed by atoms with E-state index in [1.165, 1.54) is 14.0 Å². The first-order chi connectivity index (χ1) is 6.61. The fourth-order valence-corrected chi connectivity index (χ4v) is 0.767. The van der Waals surface area contributed by atoms with E-state index in [2.05, 4.69) is 10.1 Å². The van der Waals surface area contributed by atoms with Gasteiger partial charge >= 0.3 is 5.97 Å². The molecule has 0 aliphatic rings. The van der Waals surface area contributed by atoms with Gasteiger partial charge in [-0.25, -0.2) is 4.79 Å². The van der Waals surface area contributed by atoms with E-state index >= 15 is 0 Å². The van der Waals surface area contributed by atoms with Gasteiger partial charge in [0.1, 0.15) is 12.6 Å². The van der Waals surface area contributed by atoms with Crippen LogP contribution in [0.15, 0.2) is 0 Å². The Morgan fingerprint density at radius 3 is 2.64 bits per heavy atom. The molecule has 82 valence electrons. The van der Waals surface area contributed by atoms with Crippen LogP contribution in [-0.4, -0.2) is 44.8 Å². The third-order valence-corrected chi connectivity index (χ3v) is 1.43. The molecule has 0 radical (unpaired) electrons. The van der Waals surface area contributed by atoms with Gasteiger partial charge in [-0.3, -0.25) is 4.79 Å². The molecular weight excluding hydrogens is 188 g/mol. The zero-order valence-electron chi connectivity index (χ0n) is 8.41. The zero-order chi connectivity index (χ0) is 11.0. The van der Waals surface area contributed by atoms with Crippen molar-refractivity contribution in [3.63, 3.8) is 0 Å². The number of ether oxygens (including phenoxy) is 2. The second-order valence-electron chi connectivity index (χ2n) is 2.65. The maximum Gasteiger partial charge on any atom is 0.328 e. The van der Waals surface area contributed by atoms with Crippen molar-refractivity contribution in [2.24, 2.45) is 5.73 Å². The monoisotopic (exact) mass is 204 g/mol. The lowest BCUT2D eigenvalue weighted by Crippen LogP contribution is -2.41. The number of amides is 1. The van der Waals surface area contributed by atoms with E-state index in [1.54, 1.807) is 0 Å². The molecule has 1 amide bonds. The highest BCUT2D eigenvalue weighted by atomic mass is 16.5. The summed E-state index contributed by atoms with van der Waals surface area (Å²) in [6, 6.07) is -0.658. The number of hydrogen-bond donors (Lipinski definition) is 2. The molecule has 0 unspecified atom stereocenters. The lowest BCUT2D eigenvalue weighted by molar-refractivity contribution is -0.145. The minimum atomic E-state index is -0.658. The van der Waals surface area contributed by atoms with Gasteiger partial charge in [-0.15, -0.1) is 0 Å². The number of nitrogens with one attached hydrogen (secondary N) is 1. The van der Waals surface area contributed by atoms with Gasteiger partial charge in [0.25, 0.3) is 0 Å². The Bertz CT molecular complexity index is 196. The van der Waals surface area contributed by atoms with E-state index in [-0.39, 0.29) is 12.5 Å². The third-order valence-electron chi connectivity index (χ3n) is 1.43. The number of esters is 1. The van der Waals surface area contributed by atoms with E-state index < -0.39 is 12.0 Å². The lowest BCUT2D eigenvalue weighted by Gasteiger charge is -2.11. The minimum Gasteiger partial charge on any atom is -0.467 e. The molecule has 0 aliphatic heterocycles. The van der Waals surface area contributed by atoms with Crippen LogP contribution in [0.5, 0.6) is 0 Å². The summed E-state index contributed by atoms with van der Waals surface area (Å²) in [5, 5.41) is 2.41. The molecule has 0 rings (SSSR count). The summed E-state index contributed by atoms with van der Waals surface area (Å²) < 4.78 is 9.29. The second kappa shape index (κ2) is 7.28. The second-order valence-corrected chi connectivity index (χ2v) is 2.65. The molecule has 14 heavy (non-hydrogen) atoms. The molecule has 3 N–H and O–H groups in total. The molecule has 0 saturated carbocycles. The van der Waals surface area contributed by atoms with E-state index in [0.29, 0.717) is 13.2 Å². The number of rotatable bonds is 6. The Labute approximate surface area is 82.7 Å². The summed E-state index contributed by atoms with van der Waals surface area (Å²) in [4.78, 5) is 21.9. The molecule has 0 bridgehead atoms. The number of nitrogens with two attached hydrogens (primary N) is 1. The first-order valence-electron chi connectivity index (χ1n) is 4.26. The molecule has 0 aliphatic carbocycles. The highest BCUT2D eigenvalue weighted by Gasteiger charge is 2.15. The molecule has 0 aromatic carbocycles. The van der Waals surface area contributed by atoms with Gasteiger partial charge in [0.2, 0.25) is 5.91 Å². The van der Waals surface area contributed by atoms with Crippen molar-refractivity contribution in [3.8, 4) is 0 Å². The Kier molecular flexibility index (Phi) is 6.69. The van der Waals surface area contributed by atoms with Crippen molar-refractivity contribution in [3.05, 3.63) is 0 Å². The van der Waals surface area contributed by atoms with E-state index in [0.717, 1.165) is 0 Å². The van der Waals surface area contributed by atoms with Crippen LogP contribution in [-0.2, 0) is 19.1 Å². The Balaban J connectivity index is 3.65. The summed E-state index contributed by atoms with van der Waals surface area (Å²) in [7, 11) is 1.26. The van der Waals surface area contributed by atoms with Gasteiger partial charge in [0, 0.05) is 6.54 Å². The van der Waals surface area contributed by atoms with Crippen LogP contribution in [0.3, 0.4) is 0 Å². The molecule has 0 spiro atoms. The van der Waals surface area contributed by atoms with Gasteiger partial charge in [-0.1, -0.05) is 0 Å². The maximum atomic E-state index is 11.1. The highest BCUT2D eigenvalue weighted by Crippen LogP contribution is 1.86. The standard InChI is InChI=1S/C8H16N2O4/c1-6(8(12)13-2)10-7(11)5-14-4-3-9/h6H,3-5,9H2,1-2H3,(H,10,11)/t6-/m0/s1. The average Bonchev–Trinajstić information content (AvgIpc) is 2.16. The fraction of sp³-hybridized carbons (Fsp3) is 0.750. The maximum absolute atomic E-state index is 11.1. The van der Waals surface area contributed by atoms with Crippen molar-refractivity contribution in [1.82, 2.24) is 5.32 Å². The number of carbonyl (C=O) groups excluding carboxylic acids is 2. The van der Waals surface area contributed by atoms with E-state index in [4.69, 9.17) is 10.5 Å². The van der Waals surface area contributed by atoms with Crippen molar-refractivity contribution in [2.75, 3.05) is 26.9 Å². The van der Waals surface area contributed by atoms with Crippen LogP contribution in [0, 0.1) is 0 Å². The number of methoxy groups -OCH3 is 1. The van der Waals surface area contributed by atoms with Crippen LogP contribution in [0.25, 0.3) is 0 Å². The summed E-state index contributed by atoms with van der Waals surface area (Å²) in [6.07, 6.45) is 0. The molecule has 0 fully saturated rings. The van der Waals surface area contributed by atoms with Crippen molar-refractivity contribution in [1.29, 1.82) is 0 Å². The van der Waals surface area contributed by atoms with Crippen molar-refractivity contribution >= 4 is 11.9 Å². The van der Waals surface area contributed by atoms with Gasteiger partial charge < -0.3 is 20.5 Å². The van der Waals surface area contributed by atoms with Crippen LogP contribution < -0.4 is 11.1 Å². The SMILES string of the molecule is COC(=O)[C@H](C)NC(=O)COCCN. The average molecular weight is 204 g/mol. The quantitative estimate of drug-likeness (QED) is 0.412. The Morgan fingerprint density at radius 2 is 2.14 bits per heavy atom. The number of hydrogen-bond acceptors (Lipinski definition) is 5. The predicted octanol–water partition coefficient (Wildman–Crippen LogP) is -1.36. The van der Waals surface area contributed by atoms with Crippen LogP contribution in [0.2, 0.25) is 0 Å². The van der Waals surface area contributed by atoms with Gasteiger partial charge in [-0.05, 0) is 6.92 Å². The molecule has 1 atom stereocenters. The molecular formula is C8H16N2O4. The normalized spacial score (nSPS) is 11.9. The molecule has 6 heteroatoms. The molecule has 0 aromatic rings. The summed E-state index contributed by atoms with van der Waals surface area (Å²) in [6.45, 7) is 2.12. The first kappa shape index (κ1) is 12.9. The van der Waals surface area contributed by atoms with Crippen LogP contribution in [0.1, 0.15) is 6.92 Å². The Hall–Kier alpha value is -1.14. The van der Waals surface area contributed by atoms with Crippen molar-refractivity contribution in [2.45, 2.75) is 13.0 Å². The zero-order valence-corrected chi connectivity index (χ0v) is 8.41. The van der Waals surface area contributed by atoms with Gasteiger partial charge in [0.05, 0.1) is 13.7 Å². The third kappa shape index (κ3) is 5.50. The van der Waals surface area contributed by atoms with E-state index in [1.807, 2.05) is 0 Å². The molecule has 6 nitrogen and oxygen atoms in total. The number of carbonyl (C=O) groups is 2. The lowest BCUT2D eigenvalue weighted by atomic mass is 10.3. The summed E-state index contributed by atoms with van der Waals surface area (Å²) in [5.41, 5.74) is 5.15. The molecule has 0 aromatic heterocycles. The first-order valence-corrected chi connectivity index (χ1v) is 4.26. The van der Waals surface area contributed by atoms with Crippen LogP contribution >= 0.6 is 0 Å². The fourth-order valence-electron chi connectivity index (χ4n) is 0.767. The van der Waals surface area contributed by atoms with Gasteiger partial charge in [0.15, 0.2) is 0 Å². The highest BCUT2D eigenvalue weighted by molar-refractivity contribution is 5.84. The summed E-state index contributed by atoms with van der Waals surface area (Å²) in [5.74, 6) is -0.853. The van der Waals surface area contributed by atoms with E-state index in [9.17, 15) is 9.59 Å². The van der Waals surface area contributed by atoms with Crippen LogP contribution in [0.4, 0.5) is 0 Å². The predicted molar refractivity (Wildman–Crippen MR) is 49.5 cm³/mol. The Morgan fingerprint density at radius 1 is 1.50 bits per heavy atom. The van der Waals surface area contributed by atoms with Crippen molar-refractivity contribution < 1.29 is 19.1 Å². The summed E-state index contributed by atoms with van der Waals surface area (Å²) >= 11 is 0. The van der Waals surface area contributed by atoms with Gasteiger partial charge in [-0.2, -0.15) is 0 Å².